The highest BCUT2D eigenvalue weighted by Gasteiger charge is 2.42. The first-order valence-corrected chi connectivity index (χ1v) is 7.21. The molecule has 2 heteroatoms. The van der Waals surface area contributed by atoms with Gasteiger partial charge in [-0.3, -0.25) is 0 Å². The van der Waals surface area contributed by atoms with Crippen LogP contribution in [0.3, 0.4) is 0 Å². The summed E-state index contributed by atoms with van der Waals surface area (Å²) in [5, 5.41) is 3.75. The number of nitrogens with one attached hydrogen (secondary N) is 1. The predicted octanol–water partition coefficient (Wildman–Crippen LogP) is 4.06. The van der Waals surface area contributed by atoms with Crippen LogP contribution in [0, 0.1) is 17.2 Å². The molecule has 2 saturated carbocycles. The lowest BCUT2D eigenvalue weighted by molar-refractivity contribution is 0.384. The molecule has 0 aliphatic heterocycles. The normalized spacial score (nSPS) is 22.8. The lowest BCUT2D eigenvalue weighted by Crippen LogP contribution is -2.29. The van der Waals surface area contributed by atoms with Crippen LogP contribution in [0.15, 0.2) is 24.3 Å². The molecule has 1 atom stereocenters. The minimum Gasteiger partial charge on any atom is -0.309 e. The first-order valence-electron chi connectivity index (χ1n) is 7.21. The fraction of sp³-hybridized carbons (Fsp3) is 0.625. The summed E-state index contributed by atoms with van der Waals surface area (Å²) in [5.41, 5.74) is 1.83. The molecular formula is C16H22FN. The topological polar surface area (TPSA) is 12.0 Å². The van der Waals surface area contributed by atoms with E-state index < -0.39 is 0 Å². The van der Waals surface area contributed by atoms with E-state index in [1.54, 1.807) is 12.1 Å². The standard InChI is InChI=1S/C16H22FN/c1-2-16(9-10-16)11-18-15(12-3-4-12)13-5-7-14(17)8-6-13/h5-8,12,15,18H,2-4,9-11H2,1H3. The first-order chi connectivity index (χ1) is 8.72. The third kappa shape index (κ3) is 2.59. The Kier molecular flexibility index (Phi) is 3.14. The average Bonchev–Trinajstić information content (AvgIpc) is 3.27. The van der Waals surface area contributed by atoms with Crippen LogP contribution in [0.4, 0.5) is 4.39 Å². The fourth-order valence-corrected chi connectivity index (χ4v) is 2.81. The van der Waals surface area contributed by atoms with E-state index in [-0.39, 0.29) is 5.82 Å². The SMILES string of the molecule is CCC1(CNC(c2ccc(F)cc2)C2CC2)CC1. The second kappa shape index (κ2) is 4.65. The van der Waals surface area contributed by atoms with Crippen LogP contribution in [0.25, 0.3) is 0 Å². The summed E-state index contributed by atoms with van der Waals surface area (Å²) in [6, 6.07) is 7.49. The molecule has 1 nitrogen and oxygen atoms in total. The maximum atomic E-state index is 13.0. The van der Waals surface area contributed by atoms with E-state index in [1.165, 1.54) is 37.7 Å². The van der Waals surface area contributed by atoms with E-state index in [9.17, 15) is 4.39 Å². The second-order valence-corrected chi connectivity index (χ2v) is 6.10. The molecule has 0 radical (unpaired) electrons. The van der Waals surface area contributed by atoms with Crippen molar-refractivity contribution in [2.24, 2.45) is 11.3 Å². The third-order valence-corrected chi connectivity index (χ3v) is 4.73. The van der Waals surface area contributed by atoms with Crippen LogP contribution in [0.2, 0.25) is 0 Å². The average molecular weight is 247 g/mol. The van der Waals surface area contributed by atoms with Crippen molar-refractivity contribution in [2.45, 2.75) is 45.1 Å². The van der Waals surface area contributed by atoms with Gasteiger partial charge in [0.05, 0.1) is 0 Å². The summed E-state index contributed by atoms with van der Waals surface area (Å²) < 4.78 is 13.0. The van der Waals surface area contributed by atoms with E-state index >= 15 is 0 Å². The smallest absolute Gasteiger partial charge is 0.123 e. The number of hydrogen-bond donors (Lipinski definition) is 1. The number of benzene rings is 1. The van der Waals surface area contributed by atoms with Crippen molar-refractivity contribution in [2.75, 3.05) is 6.54 Å². The summed E-state index contributed by atoms with van der Waals surface area (Å²) in [4.78, 5) is 0. The van der Waals surface area contributed by atoms with Gasteiger partial charge in [-0.15, -0.1) is 0 Å². The quantitative estimate of drug-likeness (QED) is 0.799. The van der Waals surface area contributed by atoms with Crippen LogP contribution in [0.1, 0.15) is 50.6 Å². The Labute approximate surface area is 109 Å². The molecule has 2 aliphatic carbocycles. The Hall–Kier alpha value is -0.890. The molecule has 1 unspecified atom stereocenters. The van der Waals surface area contributed by atoms with Crippen molar-refractivity contribution in [3.63, 3.8) is 0 Å². The molecule has 1 aromatic carbocycles. The van der Waals surface area contributed by atoms with E-state index in [0.717, 1.165) is 12.5 Å². The molecule has 98 valence electrons. The van der Waals surface area contributed by atoms with Gasteiger partial charge < -0.3 is 5.32 Å². The minimum atomic E-state index is -0.138. The van der Waals surface area contributed by atoms with Gasteiger partial charge >= 0.3 is 0 Å². The van der Waals surface area contributed by atoms with Gasteiger partial charge in [0.25, 0.3) is 0 Å². The highest BCUT2D eigenvalue weighted by molar-refractivity contribution is 5.22. The van der Waals surface area contributed by atoms with E-state index in [0.29, 0.717) is 11.5 Å². The van der Waals surface area contributed by atoms with Crippen molar-refractivity contribution in [3.05, 3.63) is 35.6 Å². The van der Waals surface area contributed by atoms with Crippen LogP contribution >= 0.6 is 0 Å². The molecule has 0 bridgehead atoms. The third-order valence-electron chi connectivity index (χ3n) is 4.73. The summed E-state index contributed by atoms with van der Waals surface area (Å²) in [6.07, 6.45) is 6.65. The van der Waals surface area contributed by atoms with Gasteiger partial charge in [0, 0.05) is 12.6 Å². The predicted molar refractivity (Wildman–Crippen MR) is 71.8 cm³/mol. The van der Waals surface area contributed by atoms with Crippen molar-refractivity contribution < 1.29 is 4.39 Å². The molecular weight excluding hydrogens is 225 g/mol. The van der Waals surface area contributed by atoms with Gasteiger partial charge in [0.15, 0.2) is 0 Å². The minimum absolute atomic E-state index is 0.138. The van der Waals surface area contributed by atoms with Crippen molar-refractivity contribution in [3.8, 4) is 0 Å². The highest BCUT2D eigenvalue weighted by atomic mass is 19.1. The molecule has 18 heavy (non-hydrogen) atoms. The van der Waals surface area contributed by atoms with Crippen LogP contribution in [-0.4, -0.2) is 6.54 Å². The highest BCUT2D eigenvalue weighted by Crippen LogP contribution is 2.49. The zero-order valence-electron chi connectivity index (χ0n) is 11.1. The molecule has 0 spiro atoms. The maximum Gasteiger partial charge on any atom is 0.123 e. The maximum absolute atomic E-state index is 13.0. The Balaban J connectivity index is 1.66. The Bertz CT molecular complexity index is 404. The van der Waals surface area contributed by atoms with Crippen molar-refractivity contribution >= 4 is 0 Å². The number of rotatable bonds is 6. The van der Waals surface area contributed by atoms with Gasteiger partial charge in [-0.25, -0.2) is 4.39 Å². The monoisotopic (exact) mass is 247 g/mol. The van der Waals surface area contributed by atoms with Gasteiger partial charge in [0.1, 0.15) is 5.82 Å². The molecule has 2 aliphatic rings. The van der Waals surface area contributed by atoms with Gasteiger partial charge in [-0.05, 0) is 61.1 Å². The largest absolute Gasteiger partial charge is 0.309 e. The molecule has 0 amide bonds. The second-order valence-electron chi connectivity index (χ2n) is 6.10. The summed E-state index contributed by atoms with van der Waals surface area (Å²) in [6.45, 7) is 3.42. The molecule has 2 fully saturated rings. The van der Waals surface area contributed by atoms with E-state index in [4.69, 9.17) is 0 Å². The number of hydrogen-bond acceptors (Lipinski definition) is 1. The molecule has 3 rings (SSSR count). The van der Waals surface area contributed by atoms with Gasteiger partial charge in [-0.1, -0.05) is 19.1 Å². The summed E-state index contributed by atoms with van der Waals surface area (Å²) in [5.74, 6) is 0.628. The van der Waals surface area contributed by atoms with Gasteiger partial charge in [0.2, 0.25) is 0 Å². The van der Waals surface area contributed by atoms with E-state index in [1.807, 2.05) is 12.1 Å². The number of halogens is 1. The molecule has 1 N–H and O–H groups in total. The molecule has 1 aromatic rings. The van der Waals surface area contributed by atoms with E-state index in [2.05, 4.69) is 12.2 Å². The van der Waals surface area contributed by atoms with Crippen LogP contribution in [0.5, 0.6) is 0 Å². The molecule has 0 saturated heterocycles. The lowest BCUT2D eigenvalue weighted by Gasteiger charge is -2.22. The fourth-order valence-electron chi connectivity index (χ4n) is 2.81. The zero-order chi connectivity index (χ0) is 12.6. The molecule has 0 heterocycles. The van der Waals surface area contributed by atoms with Crippen molar-refractivity contribution in [1.82, 2.24) is 5.32 Å². The Morgan fingerprint density at radius 3 is 2.44 bits per heavy atom. The zero-order valence-corrected chi connectivity index (χ0v) is 11.1. The molecule has 0 aromatic heterocycles. The lowest BCUT2D eigenvalue weighted by atomic mass is 9.99. The Morgan fingerprint density at radius 1 is 1.28 bits per heavy atom. The summed E-state index contributed by atoms with van der Waals surface area (Å²) in [7, 11) is 0. The van der Waals surface area contributed by atoms with Crippen LogP contribution in [-0.2, 0) is 0 Å². The van der Waals surface area contributed by atoms with Crippen LogP contribution < -0.4 is 5.32 Å². The van der Waals surface area contributed by atoms with Crippen molar-refractivity contribution in [1.29, 1.82) is 0 Å². The Morgan fingerprint density at radius 2 is 1.94 bits per heavy atom. The summed E-state index contributed by atoms with van der Waals surface area (Å²) >= 11 is 0. The van der Waals surface area contributed by atoms with Gasteiger partial charge in [-0.2, -0.15) is 0 Å². The first kappa shape index (κ1) is 12.2.